The summed E-state index contributed by atoms with van der Waals surface area (Å²) in [7, 11) is 1.52. The number of rotatable bonds is 8. The number of benzene rings is 1. The van der Waals surface area contributed by atoms with Gasteiger partial charge in [-0.2, -0.15) is 0 Å². The van der Waals surface area contributed by atoms with E-state index in [1.54, 1.807) is 24.5 Å². The van der Waals surface area contributed by atoms with Crippen molar-refractivity contribution < 1.29 is 18.7 Å². The van der Waals surface area contributed by atoms with Crippen LogP contribution in [0.15, 0.2) is 48.8 Å². The predicted molar refractivity (Wildman–Crippen MR) is 115 cm³/mol. The lowest BCUT2D eigenvalue weighted by Gasteiger charge is -2.40. The molecule has 2 aromatic rings. The normalized spacial score (nSPS) is 15.4. The number of ether oxygens (including phenoxy) is 1. The van der Waals surface area contributed by atoms with Crippen LogP contribution >= 0.6 is 0 Å². The van der Waals surface area contributed by atoms with Crippen LogP contribution in [-0.2, 0) is 14.3 Å². The van der Waals surface area contributed by atoms with Gasteiger partial charge in [0.05, 0.1) is 18.3 Å². The molecule has 166 valence electrons. The largest absolute Gasteiger partial charge is 0.383 e. The molecule has 1 aliphatic heterocycles. The minimum absolute atomic E-state index is 0.146. The summed E-state index contributed by atoms with van der Waals surface area (Å²) in [5, 5.41) is 5.23. The number of methoxy groups -OCH3 is 1. The first-order valence-corrected chi connectivity index (χ1v) is 10.3. The van der Waals surface area contributed by atoms with E-state index in [-0.39, 0.29) is 24.9 Å². The fourth-order valence-electron chi connectivity index (χ4n) is 3.63. The average molecular weight is 429 g/mol. The van der Waals surface area contributed by atoms with Crippen LogP contribution in [0.25, 0.3) is 0 Å². The number of carbonyl (C=O) groups is 2. The van der Waals surface area contributed by atoms with Gasteiger partial charge in [0.1, 0.15) is 5.82 Å². The quantitative estimate of drug-likeness (QED) is 0.480. The molecule has 3 rings (SSSR count). The van der Waals surface area contributed by atoms with Crippen LogP contribution in [0, 0.1) is 5.82 Å². The van der Waals surface area contributed by atoms with Crippen LogP contribution in [0.3, 0.4) is 0 Å². The lowest BCUT2D eigenvalue weighted by molar-refractivity contribution is -0.139. The van der Waals surface area contributed by atoms with E-state index < -0.39 is 11.8 Å². The Hall–Kier alpha value is -3.04. The molecule has 31 heavy (non-hydrogen) atoms. The Morgan fingerprint density at radius 3 is 2.52 bits per heavy atom. The summed E-state index contributed by atoms with van der Waals surface area (Å²) in [5.41, 5.74) is 1.54. The summed E-state index contributed by atoms with van der Waals surface area (Å²) in [6, 6.07) is 10.4. The lowest BCUT2D eigenvalue weighted by Crippen LogP contribution is -2.51. The summed E-state index contributed by atoms with van der Waals surface area (Å²) in [4.78, 5) is 32.5. The smallest absolute Gasteiger partial charge is 0.309 e. The van der Waals surface area contributed by atoms with E-state index in [0.29, 0.717) is 38.5 Å². The van der Waals surface area contributed by atoms with Gasteiger partial charge in [0, 0.05) is 58.8 Å². The molecule has 2 heterocycles. The van der Waals surface area contributed by atoms with Gasteiger partial charge in [-0.15, -0.1) is 0 Å². The maximum Gasteiger partial charge on any atom is 0.309 e. The molecule has 1 aliphatic rings. The van der Waals surface area contributed by atoms with Gasteiger partial charge in [-0.25, -0.2) is 4.39 Å². The minimum atomic E-state index is -0.689. The first kappa shape index (κ1) is 22.6. The molecule has 1 fully saturated rings. The number of anilines is 1. The molecule has 0 aliphatic carbocycles. The van der Waals surface area contributed by atoms with Crippen molar-refractivity contribution in [1.29, 1.82) is 0 Å². The molecule has 0 radical (unpaired) electrons. The third kappa shape index (κ3) is 6.22. The van der Waals surface area contributed by atoms with Crippen LogP contribution in [-0.4, -0.2) is 74.7 Å². The van der Waals surface area contributed by atoms with E-state index in [1.807, 2.05) is 23.1 Å². The highest BCUT2D eigenvalue weighted by Crippen LogP contribution is 2.25. The lowest BCUT2D eigenvalue weighted by atomic mass is 10.1. The molecule has 8 nitrogen and oxygen atoms in total. The standard InChI is InChI=1S/C22H28FN5O3/c1-31-14-9-25-21(29)22(30)26-16-20(17-5-4-8-24-15-17)28-12-10-27(11-13-28)19-7-3-2-6-18(19)23/h2-8,15,20H,9-14,16H2,1H3,(H,25,29)(H,26,30)/t20-/m0/s1. The molecule has 1 saturated heterocycles. The van der Waals surface area contributed by atoms with Crippen molar-refractivity contribution in [3.05, 3.63) is 60.2 Å². The molecule has 0 bridgehead atoms. The van der Waals surface area contributed by atoms with Crippen molar-refractivity contribution in [2.75, 3.05) is 57.9 Å². The maximum absolute atomic E-state index is 14.1. The molecule has 0 spiro atoms. The van der Waals surface area contributed by atoms with E-state index in [2.05, 4.69) is 20.5 Å². The Morgan fingerprint density at radius 2 is 1.84 bits per heavy atom. The van der Waals surface area contributed by atoms with Gasteiger partial charge in [-0.05, 0) is 23.8 Å². The summed E-state index contributed by atoms with van der Waals surface area (Å²) >= 11 is 0. The number of nitrogens with one attached hydrogen (secondary N) is 2. The highest BCUT2D eigenvalue weighted by Gasteiger charge is 2.27. The van der Waals surface area contributed by atoms with E-state index in [4.69, 9.17) is 4.74 Å². The highest BCUT2D eigenvalue weighted by atomic mass is 19.1. The molecule has 2 N–H and O–H groups in total. The van der Waals surface area contributed by atoms with Crippen LogP contribution in [0.2, 0.25) is 0 Å². The van der Waals surface area contributed by atoms with Crippen LogP contribution in [0.1, 0.15) is 11.6 Å². The number of carbonyl (C=O) groups excluding carboxylic acids is 2. The zero-order valence-electron chi connectivity index (χ0n) is 17.6. The monoisotopic (exact) mass is 429 g/mol. The summed E-state index contributed by atoms with van der Waals surface area (Å²) < 4.78 is 19.0. The molecule has 1 aromatic heterocycles. The van der Waals surface area contributed by atoms with Crippen molar-refractivity contribution >= 4 is 17.5 Å². The molecule has 9 heteroatoms. The molecule has 1 atom stereocenters. The van der Waals surface area contributed by atoms with Gasteiger partial charge in [-0.3, -0.25) is 19.5 Å². The number of para-hydroxylation sites is 1. The van der Waals surface area contributed by atoms with Crippen molar-refractivity contribution in [3.8, 4) is 0 Å². The van der Waals surface area contributed by atoms with Gasteiger partial charge in [0.25, 0.3) is 0 Å². The Kier molecular flexibility index (Phi) is 8.31. The number of pyridine rings is 1. The van der Waals surface area contributed by atoms with Gasteiger partial charge in [0.15, 0.2) is 0 Å². The minimum Gasteiger partial charge on any atom is -0.383 e. The van der Waals surface area contributed by atoms with Gasteiger partial charge in [-0.1, -0.05) is 18.2 Å². The Balaban J connectivity index is 1.62. The van der Waals surface area contributed by atoms with Crippen LogP contribution in [0.5, 0.6) is 0 Å². The second-order valence-electron chi connectivity index (χ2n) is 7.24. The second kappa shape index (κ2) is 11.4. The predicted octanol–water partition coefficient (Wildman–Crippen LogP) is 0.963. The zero-order chi connectivity index (χ0) is 22.1. The number of amides is 2. The first-order valence-electron chi connectivity index (χ1n) is 10.3. The first-order chi connectivity index (χ1) is 15.1. The molecule has 1 aromatic carbocycles. The van der Waals surface area contributed by atoms with E-state index in [9.17, 15) is 14.0 Å². The van der Waals surface area contributed by atoms with Crippen molar-refractivity contribution in [2.24, 2.45) is 0 Å². The molecular weight excluding hydrogens is 401 g/mol. The number of aromatic nitrogens is 1. The van der Waals surface area contributed by atoms with E-state index in [1.165, 1.54) is 13.2 Å². The number of hydrogen-bond acceptors (Lipinski definition) is 6. The second-order valence-corrected chi connectivity index (χ2v) is 7.24. The summed E-state index contributed by atoms with van der Waals surface area (Å²) in [6.07, 6.45) is 3.46. The third-order valence-electron chi connectivity index (χ3n) is 5.27. The Labute approximate surface area is 181 Å². The number of nitrogens with zero attached hydrogens (tertiary/aromatic N) is 3. The Morgan fingerprint density at radius 1 is 1.10 bits per heavy atom. The van der Waals surface area contributed by atoms with Crippen molar-refractivity contribution in [2.45, 2.75) is 6.04 Å². The fourth-order valence-corrected chi connectivity index (χ4v) is 3.63. The molecule has 0 unspecified atom stereocenters. The van der Waals surface area contributed by atoms with Gasteiger partial charge >= 0.3 is 11.8 Å². The summed E-state index contributed by atoms with van der Waals surface area (Å²) in [5.74, 6) is -1.60. The summed E-state index contributed by atoms with van der Waals surface area (Å²) in [6.45, 7) is 3.55. The molecule has 0 saturated carbocycles. The van der Waals surface area contributed by atoms with Crippen molar-refractivity contribution in [1.82, 2.24) is 20.5 Å². The van der Waals surface area contributed by atoms with E-state index in [0.717, 1.165) is 5.56 Å². The number of halogens is 1. The van der Waals surface area contributed by atoms with Gasteiger partial charge in [0.2, 0.25) is 0 Å². The fraction of sp³-hybridized carbons (Fsp3) is 0.409. The topological polar surface area (TPSA) is 86.8 Å². The SMILES string of the molecule is COCCNC(=O)C(=O)NC[C@@H](c1cccnc1)N1CCN(c2ccccc2F)CC1. The molecular formula is C22H28FN5O3. The Bertz CT molecular complexity index is 859. The van der Waals surface area contributed by atoms with Crippen molar-refractivity contribution in [3.63, 3.8) is 0 Å². The number of piperazine rings is 1. The molecule has 2 amide bonds. The van der Waals surface area contributed by atoms with Crippen LogP contribution < -0.4 is 15.5 Å². The maximum atomic E-state index is 14.1. The highest BCUT2D eigenvalue weighted by molar-refractivity contribution is 6.35. The van der Waals surface area contributed by atoms with Gasteiger partial charge < -0.3 is 20.3 Å². The zero-order valence-corrected chi connectivity index (χ0v) is 17.6. The van der Waals surface area contributed by atoms with Crippen LogP contribution in [0.4, 0.5) is 10.1 Å². The number of hydrogen-bond donors (Lipinski definition) is 2. The van der Waals surface area contributed by atoms with E-state index >= 15 is 0 Å². The third-order valence-corrected chi connectivity index (χ3v) is 5.27. The average Bonchev–Trinajstić information content (AvgIpc) is 2.80.